The van der Waals surface area contributed by atoms with Crippen LogP contribution < -0.4 is 16.2 Å². The Hall–Kier alpha value is -4.27. The molecule has 2 heterocycles. The molecule has 0 atom stereocenters. The average molecular weight is 444 g/mol. The van der Waals surface area contributed by atoms with Crippen molar-refractivity contribution in [2.24, 2.45) is 0 Å². The van der Waals surface area contributed by atoms with Crippen LogP contribution in [0.15, 0.2) is 53.5 Å². The highest BCUT2D eigenvalue weighted by Crippen LogP contribution is 2.19. The third-order valence-corrected chi connectivity index (χ3v) is 5.38. The number of aromatic nitrogens is 4. The number of nitrogens with zero attached hydrogens (tertiary/aromatic N) is 4. The number of fused-ring (bicyclic) bond motifs is 1. The van der Waals surface area contributed by atoms with Crippen LogP contribution in [0.1, 0.15) is 23.7 Å². The molecule has 0 bridgehead atoms. The van der Waals surface area contributed by atoms with Crippen LogP contribution in [0, 0.1) is 20.8 Å². The monoisotopic (exact) mass is 444 g/mol. The van der Waals surface area contributed by atoms with Crippen molar-refractivity contribution in [3.05, 3.63) is 75.8 Å². The Morgan fingerprint density at radius 3 is 2.24 bits per heavy atom. The summed E-state index contributed by atoms with van der Waals surface area (Å²) in [6, 6.07) is 12.6. The van der Waals surface area contributed by atoms with Gasteiger partial charge in [0.15, 0.2) is 0 Å². The van der Waals surface area contributed by atoms with Crippen molar-refractivity contribution in [1.82, 2.24) is 19.6 Å². The van der Waals surface area contributed by atoms with Crippen molar-refractivity contribution in [1.29, 1.82) is 0 Å². The second-order valence-electron chi connectivity index (χ2n) is 7.94. The second kappa shape index (κ2) is 8.70. The zero-order valence-corrected chi connectivity index (χ0v) is 18.8. The van der Waals surface area contributed by atoms with Gasteiger partial charge in [-0.1, -0.05) is 6.07 Å². The summed E-state index contributed by atoms with van der Waals surface area (Å²) in [7, 11) is 0. The zero-order valence-electron chi connectivity index (χ0n) is 18.8. The van der Waals surface area contributed by atoms with E-state index < -0.39 is 11.5 Å². The smallest absolute Gasteiger partial charge is 0.293 e. The molecule has 0 spiro atoms. The lowest BCUT2D eigenvalue weighted by molar-refractivity contribution is -0.117. The molecule has 0 aliphatic heterocycles. The highest BCUT2D eigenvalue weighted by molar-refractivity contribution is 5.92. The Kier molecular flexibility index (Phi) is 5.78. The molecule has 2 aromatic heterocycles. The molecule has 4 rings (SSSR count). The van der Waals surface area contributed by atoms with Crippen LogP contribution >= 0.6 is 0 Å². The Bertz CT molecular complexity index is 1430. The molecular weight excluding hydrogens is 420 g/mol. The number of nitrogens with one attached hydrogen (secondary N) is 2. The van der Waals surface area contributed by atoms with Gasteiger partial charge >= 0.3 is 0 Å². The third kappa shape index (κ3) is 4.52. The topological polar surface area (TPSA) is 111 Å². The first-order valence-electron chi connectivity index (χ1n) is 10.4. The lowest BCUT2D eigenvalue weighted by Crippen LogP contribution is -2.31. The van der Waals surface area contributed by atoms with Crippen LogP contribution in [-0.2, 0) is 16.1 Å². The molecule has 0 radical (unpaired) electrons. The number of anilines is 2. The van der Waals surface area contributed by atoms with Crippen LogP contribution in [0.4, 0.5) is 11.4 Å². The summed E-state index contributed by atoms with van der Waals surface area (Å²) < 4.78 is 2.74. The maximum Gasteiger partial charge on any atom is 0.293 e. The largest absolute Gasteiger partial charge is 0.326 e. The van der Waals surface area contributed by atoms with Crippen molar-refractivity contribution < 1.29 is 9.59 Å². The normalized spacial score (nSPS) is 10.9. The number of hydrogen-bond acceptors (Lipinski definition) is 5. The van der Waals surface area contributed by atoms with E-state index in [9.17, 15) is 14.4 Å². The van der Waals surface area contributed by atoms with E-state index >= 15 is 0 Å². The highest BCUT2D eigenvalue weighted by atomic mass is 16.2. The molecule has 33 heavy (non-hydrogen) atoms. The van der Waals surface area contributed by atoms with Crippen molar-refractivity contribution in [2.45, 2.75) is 34.2 Å². The number of carbonyl (C=O) groups excluding carboxylic acids is 2. The summed E-state index contributed by atoms with van der Waals surface area (Å²) in [5.74, 6) is -0.573. The van der Waals surface area contributed by atoms with Gasteiger partial charge in [-0.3, -0.25) is 14.4 Å². The van der Waals surface area contributed by atoms with Gasteiger partial charge in [-0.05, 0) is 68.3 Å². The van der Waals surface area contributed by atoms with Gasteiger partial charge in [0.05, 0.1) is 17.6 Å². The summed E-state index contributed by atoms with van der Waals surface area (Å²) in [5, 5.41) is 14.8. The van der Waals surface area contributed by atoms with E-state index in [1.165, 1.54) is 6.92 Å². The quantitative estimate of drug-likeness (QED) is 0.491. The van der Waals surface area contributed by atoms with Gasteiger partial charge in [0, 0.05) is 23.7 Å². The van der Waals surface area contributed by atoms with Gasteiger partial charge in [-0.15, -0.1) is 0 Å². The van der Waals surface area contributed by atoms with Crippen molar-refractivity contribution in [3.8, 4) is 5.69 Å². The summed E-state index contributed by atoms with van der Waals surface area (Å²) in [4.78, 5) is 37.0. The number of carbonyl (C=O) groups is 2. The number of amides is 2. The summed E-state index contributed by atoms with van der Waals surface area (Å²) in [6.07, 6.45) is 1.62. The number of rotatable bonds is 5. The molecule has 0 fully saturated rings. The predicted molar refractivity (Wildman–Crippen MR) is 127 cm³/mol. The lowest BCUT2D eigenvalue weighted by Gasteiger charge is -2.10. The second-order valence-corrected chi connectivity index (χ2v) is 7.94. The zero-order chi connectivity index (χ0) is 23.7. The first-order chi connectivity index (χ1) is 15.7. The van der Waals surface area contributed by atoms with Crippen LogP contribution in [0.25, 0.3) is 16.6 Å². The molecule has 2 N–H and O–H groups in total. The van der Waals surface area contributed by atoms with Crippen LogP contribution in [-0.4, -0.2) is 31.4 Å². The minimum atomic E-state index is -0.400. The Morgan fingerprint density at radius 1 is 0.939 bits per heavy atom. The summed E-state index contributed by atoms with van der Waals surface area (Å²) >= 11 is 0. The fourth-order valence-electron chi connectivity index (χ4n) is 3.56. The van der Waals surface area contributed by atoms with E-state index in [1.807, 2.05) is 32.0 Å². The van der Waals surface area contributed by atoms with Crippen molar-refractivity contribution >= 4 is 34.1 Å². The standard InChI is InChI=1S/C24H24N6O3/c1-14-5-10-20(11-15(14)2)30-23-21(12-25-30)16(3)28-29(24(23)33)13-22(32)27-19-8-6-18(7-9-19)26-17(4)31/h5-12H,13H2,1-4H3,(H,26,31)(H,27,32). The lowest BCUT2D eigenvalue weighted by atomic mass is 10.1. The Balaban J connectivity index is 1.62. The van der Waals surface area contributed by atoms with Crippen LogP contribution in [0.5, 0.6) is 0 Å². The maximum absolute atomic E-state index is 13.2. The van der Waals surface area contributed by atoms with E-state index in [4.69, 9.17) is 0 Å². The molecule has 0 unspecified atom stereocenters. The van der Waals surface area contributed by atoms with E-state index in [2.05, 4.69) is 20.8 Å². The fourth-order valence-corrected chi connectivity index (χ4v) is 3.56. The molecule has 2 aromatic carbocycles. The minimum Gasteiger partial charge on any atom is -0.326 e. The molecule has 0 saturated heterocycles. The maximum atomic E-state index is 13.2. The first-order valence-corrected chi connectivity index (χ1v) is 10.4. The Labute approximate surface area is 190 Å². The minimum absolute atomic E-state index is 0.178. The molecule has 0 saturated carbocycles. The third-order valence-electron chi connectivity index (χ3n) is 5.38. The van der Waals surface area contributed by atoms with Gasteiger partial charge < -0.3 is 10.6 Å². The van der Waals surface area contributed by atoms with Crippen LogP contribution in [0.2, 0.25) is 0 Å². The highest BCUT2D eigenvalue weighted by Gasteiger charge is 2.17. The first kappa shape index (κ1) is 21.9. The predicted octanol–water partition coefficient (Wildman–Crippen LogP) is 3.10. The van der Waals surface area contributed by atoms with E-state index in [1.54, 1.807) is 42.1 Å². The molecule has 9 nitrogen and oxygen atoms in total. The van der Waals surface area contributed by atoms with Gasteiger partial charge in [0.25, 0.3) is 5.56 Å². The Morgan fingerprint density at radius 2 is 1.61 bits per heavy atom. The summed E-state index contributed by atoms with van der Waals surface area (Å²) in [6.45, 7) is 6.98. The fraction of sp³-hybridized carbons (Fsp3) is 0.208. The van der Waals surface area contributed by atoms with E-state index in [0.717, 1.165) is 21.5 Å². The molecule has 0 aliphatic rings. The summed E-state index contributed by atoms with van der Waals surface area (Å²) in [5.41, 5.74) is 4.75. The van der Waals surface area contributed by atoms with Crippen molar-refractivity contribution in [3.63, 3.8) is 0 Å². The molecule has 0 aliphatic carbocycles. The van der Waals surface area contributed by atoms with Gasteiger partial charge in [0.2, 0.25) is 11.8 Å². The molecule has 168 valence electrons. The van der Waals surface area contributed by atoms with E-state index in [0.29, 0.717) is 28.0 Å². The van der Waals surface area contributed by atoms with Gasteiger partial charge in [-0.25, -0.2) is 9.36 Å². The number of benzene rings is 2. The average Bonchev–Trinajstić information content (AvgIpc) is 3.21. The van der Waals surface area contributed by atoms with E-state index in [-0.39, 0.29) is 12.5 Å². The molecule has 2 amide bonds. The molecule has 4 aromatic rings. The van der Waals surface area contributed by atoms with Crippen LogP contribution in [0.3, 0.4) is 0 Å². The van der Waals surface area contributed by atoms with Crippen molar-refractivity contribution in [2.75, 3.05) is 10.6 Å². The number of hydrogen-bond donors (Lipinski definition) is 2. The van der Waals surface area contributed by atoms with Gasteiger partial charge in [0.1, 0.15) is 12.1 Å². The molecular formula is C24H24N6O3. The number of aryl methyl sites for hydroxylation is 3. The van der Waals surface area contributed by atoms with Gasteiger partial charge in [-0.2, -0.15) is 10.2 Å². The molecule has 9 heteroatoms. The SMILES string of the molecule is CC(=O)Nc1ccc(NC(=O)Cn2nc(C)c3cnn(-c4ccc(C)c(C)c4)c3c2=O)cc1.